The van der Waals surface area contributed by atoms with Gasteiger partial charge in [0.2, 0.25) is 0 Å². The van der Waals surface area contributed by atoms with Crippen LogP contribution in [0.25, 0.3) is 10.8 Å². The summed E-state index contributed by atoms with van der Waals surface area (Å²) < 4.78 is 5.22. The normalized spacial score (nSPS) is 11.2. The van der Waals surface area contributed by atoms with E-state index in [0.29, 0.717) is 18.5 Å². The van der Waals surface area contributed by atoms with Crippen molar-refractivity contribution in [3.63, 3.8) is 0 Å². The molecule has 0 fully saturated rings. The molecule has 0 aliphatic carbocycles. The maximum atomic E-state index is 5.98. The van der Waals surface area contributed by atoms with Crippen molar-refractivity contribution >= 4 is 28.2 Å². The van der Waals surface area contributed by atoms with E-state index < -0.39 is 0 Å². The number of fused-ring (bicyclic) bond motifs is 1. The monoisotopic (exact) mass is 292 g/mol. The van der Waals surface area contributed by atoms with Gasteiger partial charge in [-0.2, -0.15) is 0 Å². The average molecular weight is 293 g/mol. The fourth-order valence-corrected chi connectivity index (χ4v) is 2.46. The second-order valence-corrected chi connectivity index (χ2v) is 5.34. The summed E-state index contributed by atoms with van der Waals surface area (Å²) in [6, 6.07) is 10.7. The van der Waals surface area contributed by atoms with Crippen LogP contribution < -0.4 is 4.90 Å². The molecule has 0 bridgehead atoms. The fourth-order valence-electron chi connectivity index (χ4n) is 2.32. The molecule has 0 unspecified atom stereocenters. The number of methoxy groups -OCH3 is 1. The van der Waals surface area contributed by atoms with E-state index in [4.69, 9.17) is 21.3 Å². The van der Waals surface area contributed by atoms with E-state index in [9.17, 15) is 0 Å². The summed E-state index contributed by atoms with van der Waals surface area (Å²) in [5.41, 5.74) is 0.906. The number of hydrogen-bond acceptors (Lipinski definition) is 3. The van der Waals surface area contributed by atoms with E-state index in [1.807, 2.05) is 12.1 Å². The van der Waals surface area contributed by atoms with Gasteiger partial charge in [-0.1, -0.05) is 24.3 Å². The van der Waals surface area contributed by atoms with Gasteiger partial charge in [0.05, 0.1) is 18.2 Å². The molecule has 0 N–H and O–H groups in total. The number of alkyl halides is 1. The molecular weight excluding hydrogens is 272 g/mol. The van der Waals surface area contributed by atoms with Crippen LogP contribution in [-0.4, -0.2) is 31.3 Å². The highest BCUT2D eigenvalue weighted by Gasteiger charge is 2.16. The zero-order valence-corrected chi connectivity index (χ0v) is 13.0. The molecule has 1 aromatic heterocycles. The van der Waals surface area contributed by atoms with Crippen molar-refractivity contribution < 1.29 is 4.74 Å². The topological polar surface area (TPSA) is 25.4 Å². The van der Waals surface area contributed by atoms with Gasteiger partial charge in [0.15, 0.2) is 0 Å². The first-order chi connectivity index (χ1) is 9.67. The standard InChI is InChI=1S/C16H21ClN2O/c1-12(2)19(8-9-20-3)16-15-7-5-4-6-13(15)10-14(11-17)18-16/h4-7,10,12H,8-9,11H2,1-3H3. The molecular formula is C16H21ClN2O. The number of hydrogen-bond donors (Lipinski definition) is 0. The third-order valence-corrected chi connectivity index (χ3v) is 3.62. The quantitative estimate of drug-likeness (QED) is 0.757. The molecule has 0 radical (unpaired) electrons. The van der Waals surface area contributed by atoms with Crippen LogP contribution in [0.15, 0.2) is 30.3 Å². The predicted molar refractivity (Wildman–Crippen MR) is 85.7 cm³/mol. The second kappa shape index (κ2) is 6.91. The number of anilines is 1. The number of pyridine rings is 1. The molecule has 2 aromatic rings. The first-order valence-electron chi connectivity index (χ1n) is 6.87. The van der Waals surface area contributed by atoms with Crippen LogP contribution in [0.4, 0.5) is 5.82 Å². The Bertz CT molecular complexity index is 571. The summed E-state index contributed by atoms with van der Waals surface area (Å²) >= 11 is 5.98. The minimum absolute atomic E-state index is 0.353. The van der Waals surface area contributed by atoms with Gasteiger partial charge in [0.1, 0.15) is 5.82 Å². The number of nitrogens with zero attached hydrogens (tertiary/aromatic N) is 2. The number of halogens is 1. The molecule has 3 nitrogen and oxygen atoms in total. The number of aromatic nitrogens is 1. The van der Waals surface area contributed by atoms with E-state index in [0.717, 1.165) is 23.4 Å². The molecule has 0 atom stereocenters. The predicted octanol–water partition coefficient (Wildman–Crippen LogP) is 3.83. The Hall–Kier alpha value is -1.32. The highest BCUT2D eigenvalue weighted by molar-refractivity contribution is 6.17. The third kappa shape index (κ3) is 3.22. The van der Waals surface area contributed by atoms with Crippen molar-refractivity contribution in [2.45, 2.75) is 25.8 Å². The molecule has 108 valence electrons. The van der Waals surface area contributed by atoms with Crippen LogP contribution in [0.5, 0.6) is 0 Å². The van der Waals surface area contributed by atoms with Crippen LogP contribution in [0.1, 0.15) is 19.5 Å². The Morgan fingerprint density at radius 3 is 2.70 bits per heavy atom. The zero-order valence-electron chi connectivity index (χ0n) is 12.3. The number of benzene rings is 1. The highest BCUT2D eigenvalue weighted by atomic mass is 35.5. The minimum Gasteiger partial charge on any atom is -0.383 e. The summed E-state index contributed by atoms with van der Waals surface area (Å²) in [6.45, 7) is 5.83. The van der Waals surface area contributed by atoms with Crippen LogP contribution in [0.2, 0.25) is 0 Å². The molecule has 1 aromatic carbocycles. The van der Waals surface area contributed by atoms with Gasteiger partial charge < -0.3 is 9.64 Å². The summed E-state index contributed by atoms with van der Waals surface area (Å²) in [5, 5.41) is 2.34. The van der Waals surface area contributed by atoms with Crippen molar-refractivity contribution in [2.75, 3.05) is 25.2 Å². The largest absolute Gasteiger partial charge is 0.383 e. The first-order valence-corrected chi connectivity index (χ1v) is 7.41. The second-order valence-electron chi connectivity index (χ2n) is 5.07. The van der Waals surface area contributed by atoms with Gasteiger partial charge >= 0.3 is 0 Å². The fraction of sp³-hybridized carbons (Fsp3) is 0.438. The number of rotatable bonds is 6. The molecule has 0 amide bonds. The maximum absolute atomic E-state index is 5.98. The Kier molecular flexibility index (Phi) is 5.21. The summed E-state index contributed by atoms with van der Waals surface area (Å²) in [7, 11) is 1.72. The lowest BCUT2D eigenvalue weighted by Crippen LogP contribution is -2.34. The van der Waals surface area contributed by atoms with Crippen LogP contribution in [0, 0.1) is 0 Å². The maximum Gasteiger partial charge on any atom is 0.137 e. The van der Waals surface area contributed by atoms with Crippen LogP contribution in [0.3, 0.4) is 0 Å². The van der Waals surface area contributed by atoms with E-state index >= 15 is 0 Å². The highest BCUT2D eigenvalue weighted by Crippen LogP contribution is 2.27. The first kappa shape index (κ1) is 15.1. The Balaban J connectivity index is 2.53. The van der Waals surface area contributed by atoms with Crippen LogP contribution in [-0.2, 0) is 10.6 Å². The van der Waals surface area contributed by atoms with Crippen molar-refractivity contribution in [2.24, 2.45) is 0 Å². The lowest BCUT2D eigenvalue weighted by atomic mass is 10.1. The summed E-state index contributed by atoms with van der Waals surface area (Å²) in [6.07, 6.45) is 0. The Morgan fingerprint density at radius 2 is 2.05 bits per heavy atom. The molecule has 20 heavy (non-hydrogen) atoms. The smallest absolute Gasteiger partial charge is 0.137 e. The lowest BCUT2D eigenvalue weighted by Gasteiger charge is -2.29. The molecule has 0 spiro atoms. The molecule has 0 saturated heterocycles. The molecule has 1 heterocycles. The van der Waals surface area contributed by atoms with E-state index in [1.165, 1.54) is 5.39 Å². The Morgan fingerprint density at radius 1 is 1.30 bits per heavy atom. The number of ether oxygens (including phenoxy) is 1. The Labute approximate surface area is 125 Å². The van der Waals surface area contributed by atoms with Gasteiger partial charge in [-0.15, -0.1) is 11.6 Å². The molecule has 4 heteroatoms. The summed E-state index contributed by atoms with van der Waals surface area (Å²) in [4.78, 5) is 7.00. The molecule has 0 saturated carbocycles. The van der Waals surface area contributed by atoms with Crippen molar-refractivity contribution in [3.05, 3.63) is 36.0 Å². The zero-order chi connectivity index (χ0) is 14.5. The van der Waals surface area contributed by atoms with E-state index in [2.05, 4.69) is 36.9 Å². The van der Waals surface area contributed by atoms with E-state index in [1.54, 1.807) is 7.11 Å². The van der Waals surface area contributed by atoms with Gasteiger partial charge in [0.25, 0.3) is 0 Å². The minimum atomic E-state index is 0.353. The molecule has 0 aliphatic rings. The van der Waals surface area contributed by atoms with Gasteiger partial charge in [-0.3, -0.25) is 0 Å². The van der Waals surface area contributed by atoms with E-state index in [-0.39, 0.29) is 0 Å². The van der Waals surface area contributed by atoms with Gasteiger partial charge in [-0.05, 0) is 25.3 Å². The van der Waals surface area contributed by atoms with Gasteiger partial charge in [0, 0.05) is 25.1 Å². The molecule has 0 aliphatic heterocycles. The van der Waals surface area contributed by atoms with Crippen molar-refractivity contribution in [1.82, 2.24) is 4.98 Å². The SMILES string of the molecule is COCCN(c1nc(CCl)cc2ccccc12)C(C)C. The lowest BCUT2D eigenvalue weighted by molar-refractivity contribution is 0.203. The average Bonchev–Trinajstić information content (AvgIpc) is 2.46. The third-order valence-electron chi connectivity index (χ3n) is 3.34. The summed E-state index contributed by atoms with van der Waals surface area (Å²) in [5.74, 6) is 1.42. The van der Waals surface area contributed by atoms with Crippen LogP contribution >= 0.6 is 11.6 Å². The molecule has 2 rings (SSSR count). The van der Waals surface area contributed by atoms with Gasteiger partial charge in [-0.25, -0.2) is 4.98 Å². The van der Waals surface area contributed by atoms with Crippen molar-refractivity contribution in [1.29, 1.82) is 0 Å². The van der Waals surface area contributed by atoms with Crippen molar-refractivity contribution in [3.8, 4) is 0 Å².